The molecule has 0 N–H and O–H groups in total. The Morgan fingerprint density at radius 3 is 2.44 bits per heavy atom. The Kier molecular flexibility index (Phi) is 4.85. The zero-order chi connectivity index (χ0) is 18.8. The molecule has 1 aliphatic heterocycles. The number of pyridine rings is 1. The van der Waals surface area contributed by atoms with Crippen LogP contribution in [0.4, 0.5) is 5.95 Å². The van der Waals surface area contributed by atoms with Crippen molar-refractivity contribution in [3.05, 3.63) is 42.0 Å². The van der Waals surface area contributed by atoms with Crippen molar-refractivity contribution < 1.29 is 4.52 Å². The lowest BCUT2D eigenvalue weighted by Crippen LogP contribution is -2.46. The van der Waals surface area contributed by atoms with Crippen LogP contribution in [0.5, 0.6) is 0 Å². The second-order valence-electron chi connectivity index (χ2n) is 6.87. The maximum absolute atomic E-state index is 5.48. The van der Waals surface area contributed by atoms with Gasteiger partial charge in [0.05, 0.1) is 17.0 Å². The number of hydrogen-bond acceptors (Lipinski definition) is 7. The fourth-order valence-corrected chi connectivity index (χ4v) is 3.29. The van der Waals surface area contributed by atoms with Crippen molar-refractivity contribution in [1.29, 1.82) is 0 Å². The van der Waals surface area contributed by atoms with Crippen LogP contribution >= 0.6 is 0 Å². The van der Waals surface area contributed by atoms with E-state index in [-0.39, 0.29) is 0 Å². The van der Waals surface area contributed by atoms with Crippen molar-refractivity contribution in [2.45, 2.75) is 20.8 Å². The van der Waals surface area contributed by atoms with Crippen molar-refractivity contribution in [2.75, 3.05) is 37.6 Å². The maximum Gasteiger partial charge on any atom is 0.225 e. The quantitative estimate of drug-likeness (QED) is 0.705. The van der Waals surface area contributed by atoms with Gasteiger partial charge in [0.2, 0.25) is 5.95 Å². The van der Waals surface area contributed by atoms with Gasteiger partial charge in [-0.2, -0.15) is 0 Å². The molecule has 7 nitrogen and oxygen atoms in total. The average Bonchev–Trinajstić information content (AvgIpc) is 3.14. The smallest absolute Gasteiger partial charge is 0.225 e. The summed E-state index contributed by atoms with van der Waals surface area (Å²) < 4.78 is 5.48. The van der Waals surface area contributed by atoms with Gasteiger partial charge in [-0.1, -0.05) is 12.1 Å². The summed E-state index contributed by atoms with van der Waals surface area (Å²) in [6.07, 6.45) is 3.69. The number of likely N-dealkylation sites (N-methyl/N-ethyl adjacent to an activating group) is 1. The van der Waals surface area contributed by atoms with E-state index in [1.54, 1.807) is 0 Å². The Morgan fingerprint density at radius 1 is 1.00 bits per heavy atom. The van der Waals surface area contributed by atoms with Crippen molar-refractivity contribution >= 4 is 5.95 Å². The predicted octanol–water partition coefficient (Wildman–Crippen LogP) is 2.95. The van der Waals surface area contributed by atoms with E-state index in [9.17, 15) is 0 Å². The van der Waals surface area contributed by atoms with E-state index in [1.165, 1.54) is 0 Å². The molecule has 3 aromatic rings. The number of hydrogen-bond donors (Lipinski definition) is 0. The summed E-state index contributed by atoms with van der Waals surface area (Å²) >= 11 is 0. The maximum atomic E-state index is 5.48. The van der Waals surface area contributed by atoms with Crippen LogP contribution in [-0.4, -0.2) is 57.7 Å². The monoisotopic (exact) mass is 364 g/mol. The van der Waals surface area contributed by atoms with Crippen LogP contribution in [-0.2, 0) is 0 Å². The fraction of sp³-hybridized carbons (Fsp3) is 0.400. The van der Waals surface area contributed by atoms with Crippen LogP contribution in [0.3, 0.4) is 0 Å². The van der Waals surface area contributed by atoms with E-state index in [2.05, 4.69) is 31.8 Å². The molecule has 3 aromatic heterocycles. The van der Waals surface area contributed by atoms with E-state index >= 15 is 0 Å². The number of piperazine rings is 1. The lowest BCUT2D eigenvalue weighted by atomic mass is 10.1. The third-order valence-electron chi connectivity index (χ3n) is 4.96. The minimum Gasteiger partial charge on any atom is -0.356 e. The summed E-state index contributed by atoms with van der Waals surface area (Å²) in [4.78, 5) is 18.6. The van der Waals surface area contributed by atoms with E-state index in [0.29, 0.717) is 5.76 Å². The van der Waals surface area contributed by atoms with Crippen LogP contribution in [0, 0.1) is 13.8 Å². The lowest BCUT2D eigenvalue weighted by Gasteiger charge is -2.34. The first kappa shape index (κ1) is 17.6. The minimum atomic E-state index is 0.672. The molecule has 140 valence electrons. The standard InChI is InChI=1S/C20H24N6O/c1-4-25-7-9-26(10-8-25)20-22-13-17(18-11-15(3)24-27-18)19(23-20)16-6-5-14(2)21-12-16/h5-6,11-13H,4,7-10H2,1-3H3. The third-order valence-corrected chi connectivity index (χ3v) is 4.96. The Hall–Kier alpha value is -2.80. The first-order valence-electron chi connectivity index (χ1n) is 9.35. The molecular formula is C20H24N6O. The van der Waals surface area contributed by atoms with Crippen LogP contribution in [0.2, 0.25) is 0 Å². The Balaban J connectivity index is 1.73. The Morgan fingerprint density at radius 2 is 1.81 bits per heavy atom. The van der Waals surface area contributed by atoms with Crippen molar-refractivity contribution in [3.8, 4) is 22.6 Å². The van der Waals surface area contributed by atoms with Gasteiger partial charge < -0.3 is 14.3 Å². The molecule has 0 unspecified atom stereocenters. The highest BCUT2D eigenvalue weighted by atomic mass is 16.5. The van der Waals surface area contributed by atoms with E-state index in [4.69, 9.17) is 9.51 Å². The van der Waals surface area contributed by atoms with Gasteiger partial charge in [0.15, 0.2) is 5.76 Å². The van der Waals surface area contributed by atoms with Gasteiger partial charge in [0.1, 0.15) is 0 Å². The number of aromatic nitrogens is 4. The number of anilines is 1. The molecule has 0 bridgehead atoms. The molecule has 1 saturated heterocycles. The van der Waals surface area contributed by atoms with E-state index < -0.39 is 0 Å². The number of nitrogens with zero attached hydrogens (tertiary/aromatic N) is 6. The SMILES string of the molecule is CCN1CCN(c2ncc(-c3cc(C)no3)c(-c3ccc(C)nc3)n2)CC1. The molecule has 0 amide bonds. The molecular weight excluding hydrogens is 340 g/mol. The van der Waals surface area contributed by atoms with Gasteiger partial charge in [0.25, 0.3) is 0 Å². The van der Waals surface area contributed by atoms with Crippen LogP contribution in [0.1, 0.15) is 18.3 Å². The normalized spacial score (nSPS) is 15.3. The Labute approximate surface area is 159 Å². The minimum absolute atomic E-state index is 0.672. The van der Waals surface area contributed by atoms with Gasteiger partial charge >= 0.3 is 0 Å². The molecule has 0 atom stereocenters. The molecule has 0 aliphatic carbocycles. The molecule has 1 fully saturated rings. The molecule has 4 heterocycles. The van der Waals surface area contributed by atoms with Gasteiger partial charge in [0, 0.05) is 55.9 Å². The zero-order valence-electron chi connectivity index (χ0n) is 16.0. The van der Waals surface area contributed by atoms with Crippen LogP contribution in [0.25, 0.3) is 22.6 Å². The second kappa shape index (κ2) is 7.44. The number of rotatable bonds is 4. The highest BCUT2D eigenvalue weighted by Crippen LogP contribution is 2.31. The van der Waals surface area contributed by atoms with Gasteiger partial charge in [-0.15, -0.1) is 0 Å². The fourth-order valence-electron chi connectivity index (χ4n) is 3.29. The topological polar surface area (TPSA) is 71.2 Å². The highest BCUT2D eigenvalue weighted by Gasteiger charge is 2.21. The molecule has 0 radical (unpaired) electrons. The molecule has 0 aromatic carbocycles. The third kappa shape index (κ3) is 3.68. The summed E-state index contributed by atoms with van der Waals surface area (Å²) in [7, 11) is 0. The molecule has 0 spiro atoms. The second-order valence-corrected chi connectivity index (χ2v) is 6.87. The summed E-state index contributed by atoms with van der Waals surface area (Å²) in [5.41, 5.74) is 4.40. The van der Waals surface area contributed by atoms with Crippen molar-refractivity contribution in [3.63, 3.8) is 0 Å². The Bertz CT molecular complexity index is 912. The predicted molar refractivity (Wildman–Crippen MR) is 105 cm³/mol. The zero-order valence-corrected chi connectivity index (χ0v) is 16.0. The average molecular weight is 364 g/mol. The molecule has 27 heavy (non-hydrogen) atoms. The van der Waals surface area contributed by atoms with E-state index in [1.807, 2.05) is 44.4 Å². The summed E-state index contributed by atoms with van der Waals surface area (Å²) in [6.45, 7) is 11.1. The number of aryl methyl sites for hydroxylation is 2. The first-order chi connectivity index (χ1) is 13.1. The molecule has 4 rings (SSSR count). The van der Waals surface area contributed by atoms with Crippen LogP contribution in [0.15, 0.2) is 35.1 Å². The summed E-state index contributed by atoms with van der Waals surface area (Å²) in [5.74, 6) is 1.42. The van der Waals surface area contributed by atoms with Crippen molar-refractivity contribution in [1.82, 2.24) is 25.0 Å². The van der Waals surface area contributed by atoms with Crippen molar-refractivity contribution in [2.24, 2.45) is 0 Å². The van der Waals surface area contributed by atoms with Gasteiger partial charge in [-0.25, -0.2) is 9.97 Å². The van der Waals surface area contributed by atoms with Crippen LogP contribution < -0.4 is 4.90 Å². The molecule has 7 heteroatoms. The molecule has 0 saturated carbocycles. The van der Waals surface area contributed by atoms with Gasteiger partial charge in [-0.3, -0.25) is 4.98 Å². The van der Waals surface area contributed by atoms with E-state index in [0.717, 1.165) is 66.9 Å². The molecule has 1 aliphatic rings. The summed E-state index contributed by atoms with van der Waals surface area (Å²) in [6, 6.07) is 5.94. The first-order valence-corrected chi connectivity index (χ1v) is 9.35. The van der Waals surface area contributed by atoms with Gasteiger partial charge in [-0.05, 0) is 32.5 Å². The summed E-state index contributed by atoms with van der Waals surface area (Å²) in [5, 5.41) is 4.01. The highest BCUT2D eigenvalue weighted by molar-refractivity contribution is 5.78. The largest absolute Gasteiger partial charge is 0.356 e. The lowest BCUT2D eigenvalue weighted by molar-refractivity contribution is 0.270.